The predicted octanol–water partition coefficient (Wildman–Crippen LogP) is -0.878. The van der Waals surface area contributed by atoms with E-state index in [4.69, 9.17) is 0 Å². The minimum atomic E-state index is -0.132. The summed E-state index contributed by atoms with van der Waals surface area (Å²) in [6.07, 6.45) is 5.37. The molecule has 1 unspecified atom stereocenters. The van der Waals surface area contributed by atoms with E-state index in [0.717, 1.165) is 43.9 Å². The summed E-state index contributed by atoms with van der Waals surface area (Å²) in [6, 6.07) is 1.75. The summed E-state index contributed by atoms with van der Waals surface area (Å²) in [5.74, 6) is 0.148. The highest BCUT2D eigenvalue weighted by atomic mass is 16.2. The molecule has 4 heterocycles. The first-order chi connectivity index (χ1) is 11.3. The van der Waals surface area contributed by atoms with E-state index in [1.54, 1.807) is 6.20 Å². The molecule has 9 nitrogen and oxygen atoms in total. The van der Waals surface area contributed by atoms with Gasteiger partial charge in [-0.15, -0.1) is 5.10 Å². The molecule has 0 spiro atoms. The third-order valence-electron chi connectivity index (χ3n) is 4.37. The maximum atomic E-state index is 12.7. The fourth-order valence-corrected chi connectivity index (χ4v) is 3.14. The molecule has 122 valence electrons. The van der Waals surface area contributed by atoms with E-state index in [1.807, 2.05) is 26.5 Å². The standard InChI is InChI=1S/C14H20N8O/c23-14(11-3-5-15-17-11)20-6-2-8-22-13(10-20)12(18-19-22)9-21-7-1-4-16-21/h1,4,7,11,15,17H,2-3,5-6,8-10H2. The Kier molecular flexibility index (Phi) is 3.80. The normalized spacial score (nSPS) is 21.2. The monoisotopic (exact) mass is 316 g/mol. The van der Waals surface area contributed by atoms with E-state index in [2.05, 4.69) is 26.3 Å². The summed E-state index contributed by atoms with van der Waals surface area (Å²) in [6.45, 7) is 3.51. The largest absolute Gasteiger partial charge is 0.335 e. The summed E-state index contributed by atoms with van der Waals surface area (Å²) < 4.78 is 3.75. The van der Waals surface area contributed by atoms with Crippen LogP contribution in [-0.4, -0.2) is 54.7 Å². The molecule has 1 atom stereocenters. The second-order valence-corrected chi connectivity index (χ2v) is 5.94. The van der Waals surface area contributed by atoms with Gasteiger partial charge in [0.25, 0.3) is 0 Å². The minimum Gasteiger partial charge on any atom is -0.335 e. The van der Waals surface area contributed by atoms with Crippen LogP contribution in [0.25, 0.3) is 0 Å². The first-order valence-electron chi connectivity index (χ1n) is 7.97. The Morgan fingerprint density at radius 1 is 1.39 bits per heavy atom. The van der Waals surface area contributed by atoms with Gasteiger partial charge in [-0.25, -0.2) is 10.1 Å². The summed E-state index contributed by atoms with van der Waals surface area (Å²) in [5.41, 5.74) is 7.97. The molecule has 0 saturated carbocycles. The van der Waals surface area contributed by atoms with Crippen molar-refractivity contribution < 1.29 is 4.79 Å². The molecule has 0 aromatic carbocycles. The Morgan fingerprint density at radius 2 is 2.35 bits per heavy atom. The lowest BCUT2D eigenvalue weighted by molar-refractivity contribution is -0.133. The second kappa shape index (κ2) is 6.09. The number of fused-ring (bicyclic) bond motifs is 1. The van der Waals surface area contributed by atoms with Crippen LogP contribution in [0.3, 0.4) is 0 Å². The number of nitrogens with zero attached hydrogens (tertiary/aromatic N) is 6. The molecule has 4 rings (SSSR count). The zero-order valence-electron chi connectivity index (χ0n) is 12.9. The molecule has 0 bridgehead atoms. The van der Waals surface area contributed by atoms with E-state index < -0.39 is 0 Å². The zero-order chi connectivity index (χ0) is 15.6. The molecule has 2 N–H and O–H groups in total. The number of amides is 1. The number of nitrogens with one attached hydrogen (secondary N) is 2. The lowest BCUT2D eigenvalue weighted by Gasteiger charge is -2.23. The van der Waals surface area contributed by atoms with Crippen molar-refractivity contribution in [1.82, 2.24) is 40.5 Å². The third-order valence-corrected chi connectivity index (χ3v) is 4.37. The van der Waals surface area contributed by atoms with Gasteiger partial charge in [-0.05, 0) is 18.9 Å². The average Bonchev–Trinajstić information content (AvgIpc) is 3.29. The number of carbonyl (C=O) groups is 1. The van der Waals surface area contributed by atoms with Crippen molar-refractivity contribution in [3.05, 3.63) is 29.8 Å². The van der Waals surface area contributed by atoms with Crippen LogP contribution < -0.4 is 10.9 Å². The number of carbonyl (C=O) groups excluding carboxylic acids is 1. The van der Waals surface area contributed by atoms with E-state index in [-0.39, 0.29) is 11.9 Å². The van der Waals surface area contributed by atoms with E-state index >= 15 is 0 Å². The molecule has 23 heavy (non-hydrogen) atoms. The number of hydrazine groups is 1. The third kappa shape index (κ3) is 2.84. The van der Waals surface area contributed by atoms with Crippen molar-refractivity contribution in [3.8, 4) is 0 Å². The Bertz CT molecular complexity index is 673. The molecule has 1 saturated heterocycles. The van der Waals surface area contributed by atoms with E-state index in [0.29, 0.717) is 13.1 Å². The van der Waals surface area contributed by atoms with Crippen molar-refractivity contribution in [1.29, 1.82) is 0 Å². The highest BCUT2D eigenvalue weighted by Crippen LogP contribution is 2.17. The molecule has 0 radical (unpaired) electrons. The van der Waals surface area contributed by atoms with Gasteiger partial charge in [-0.3, -0.25) is 14.9 Å². The van der Waals surface area contributed by atoms with Crippen LogP contribution in [0.1, 0.15) is 24.2 Å². The highest BCUT2D eigenvalue weighted by molar-refractivity contribution is 5.82. The SMILES string of the molecule is O=C(C1CCNN1)N1CCCn2nnc(Cn3cccn3)c2C1. The van der Waals surface area contributed by atoms with Gasteiger partial charge in [-0.1, -0.05) is 5.21 Å². The topological polar surface area (TPSA) is 92.9 Å². The van der Waals surface area contributed by atoms with Gasteiger partial charge in [0, 0.05) is 32.0 Å². The fraction of sp³-hybridized carbons (Fsp3) is 0.571. The summed E-state index contributed by atoms with van der Waals surface area (Å²) in [5, 5.41) is 12.8. The zero-order valence-corrected chi connectivity index (χ0v) is 12.9. The van der Waals surface area contributed by atoms with Gasteiger partial charge in [0.15, 0.2) is 0 Å². The molecule has 9 heteroatoms. The Hall–Kier alpha value is -2.26. The van der Waals surface area contributed by atoms with Crippen molar-refractivity contribution in [2.45, 2.75) is 38.5 Å². The van der Waals surface area contributed by atoms with Gasteiger partial charge in [0.05, 0.1) is 18.8 Å². The number of aromatic nitrogens is 5. The van der Waals surface area contributed by atoms with Crippen molar-refractivity contribution in [2.24, 2.45) is 0 Å². The molecule has 0 aliphatic carbocycles. The Morgan fingerprint density at radius 3 is 3.13 bits per heavy atom. The maximum absolute atomic E-state index is 12.7. The molecule has 2 aromatic heterocycles. The van der Waals surface area contributed by atoms with Crippen LogP contribution in [0.5, 0.6) is 0 Å². The quantitative estimate of drug-likeness (QED) is 0.764. The molecule has 1 amide bonds. The number of rotatable bonds is 3. The first kappa shape index (κ1) is 14.3. The van der Waals surface area contributed by atoms with Crippen LogP contribution in [0.15, 0.2) is 18.5 Å². The van der Waals surface area contributed by atoms with Crippen molar-refractivity contribution >= 4 is 5.91 Å². The molecular weight excluding hydrogens is 296 g/mol. The van der Waals surface area contributed by atoms with Crippen LogP contribution in [0, 0.1) is 0 Å². The van der Waals surface area contributed by atoms with Gasteiger partial charge in [0.2, 0.25) is 5.91 Å². The summed E-state index contributed by atoms with van der Waals surface area (Å²) in [7, 11) is 0. The first-order valence-corrected chi connectivity index (χ1v) is 7.97. The van der Waals surface area contributed by atoms with Crippen LogP contribution in [0.2, 0.25) is 0 Å². The molecule has 2 aliphatic heterocycles. The summed E-state index contributed by atoms with van der Waals surface area (Å²) >= 11 is 0. The predicted molar refractivity (Wildman–Crippen MR) is 80.9 cm³/mol. The van der Waals surface area contributed by atoms with Crippen molar-refractivity contribution in [3.63, 3.8) is 0 Å². The van der Waals surface area contributed by atoms with Crippen LogP contribution >= 0.6 is 0 Å². The summed E-state index contributed by atoms with van der Waals surface area (Å²) in [4.78, 5) is 14.6. The second-order valence-electron chi connectivity index (χ2n) is 5.94. The lowest BCUT2D eigenvalue weighted by atomic mass is 10.2. The molecule has 1 fully saturated rings. The maximum Gasteiger partial charge on any atom is 0.241 e. The number of hydrogen-bond donors (Lipinski definition) is 2. The average molecular weight is 316 g/mol. The van der Waals surface area contributed by atoms with Crippen LogP contribution in [0.4, 0.5) is 0 Å². The number of aryl methyl sites for hydroxylation is 1. The lowest BCUT2D eigenvalue weighted by Crippen LogP contribution is -2.45. The van der Waals surface area contributed by atoms with Gasteiger partial charge >= 0.3 is 0 Å². The highest BCUT2D eigenvalue weighted by Gasteiger charge is 2.29. The number of hydrogen-bond acceptors (Lipinski definition) is 6. The van der Waals surface area contributed by atoms with Gasteiger partial charge in [0.1, 0.15) is 11.7 Å². The molecule has 2 aliphatic rings. The minimum absolute atomic E-state index is 0.132. The smallest absolute Gasteiger partial charge is 0.241 e. The Balaban J connectivity index is 1.55. The Labute approximate surface area is 133 Å². The van der Waals surface area contributed by atoms with Gasteiger partial charge in [-0.2, -0.15) is 5.10 Å². The van der Waals surface area contributed by atoms with Crippen molar-refractivity contribution in [2.75, 3.05) is 13.1 Å². The fourth-order valence-electron chi connectivity index (χ4n) is 3.14. The van der Waals surface area contributed by atoms with Crippen LogP contribution in [-0.2, 0) is 24.4 Å². The van der Waals surface area contributed by atoms with Gasteiger partial charge < -0.3 is 4.90 Å². The van der Waals surface area contributed by atoms with E-state index in [1.165, 1.54) is 0 Å². The molecule has 2 aromatic rings. The molecular formula is C14H20N8O. The van der Waals surface area contributed by atoms with E-state index in [9.17, 15) is 4.79 Å².